The van der Waals surface area contributed by atoms with Crippen LogP contribution < -0.4 is 10.2 Å². The lowest BCUT2D eigenvalue weighted by Gasteiger charge is -2.18. The van der Waals surface area contributed by atoms with E-state index in [0.717, 1.165) is 48.0 Å². The lowest BCUT2D eigenvalue weighted by Crippen LogP contribution is -2.28. The molecule has 6 heteroatoms. The van der Waals surface area contributed by atoms with E-state index in [9.17, 15) is 0 Å². The molecule has 2 aromatic rings. The molecule has 1 aliphatic heterocycles. The molecule has 2 aliphatic rings. The van der Waals surface area contributed by atoms with Gasteiger partial charge in [0.1, 0.15) is 5.75 Å². The van der Waals surface area contributed by atoms with E-state index in [1.54, 1.807) is 11.8 Å². The van der Waals surface area contributed by atoms with Gasteiger partial charge >= 0.3 is 0 Å². The van der Waals surface area contributed by atoms with Gasteiger partial charge in [-0.25, -0.2) is 0 Å². The van der Waals surface area contributed by atoms with Gasteiger partial charge in [-0.15, -0.1) is 17.7 Å². The van der Waals surface area contributed by atoms with Crippen LogP contribution in [0.15, 0.2) is 47.6 Å². The molecule has 1 atom stereocenters. The number of nitrogens with zero attached hydrogens (tertiary/aromatic N) is 2. The summed E-state index contributed by atoms with van der Waals surface area (Å²) in [4.78, 5) is 13.6. The molecule has 5 nitrogen and oxygen atoms in total. The number of aliphatic imine (C=N–C) groups is 1. The van der Waals surface area contributed by atoms with Crippen LogP contribution >= 0.6 is 11.8 Å². The van der Waals surface area contributed by atoms with Crippen LogP contribution in [-0.2, 0) is 17.0 Å². The zero-order chi connectivity index (χ0) is 26.0. The van der Waals surface area contributed by atoms with Crippen molar-refractivity contribution >= 4 is 23.4 Å². The maximum absolute atomic E-state index is 5.95. The SMILES string of the molecule is C=N/C=C(\SCc1ccc(OC(C)C)c(C#CC)c1)c1cccc2c1CCC2NOCCN1CCCC1. The molecule has 0 spiro atoms. The zero-order valence-corrected chi connectivity index (χ0v) is 23.2. The Morgan fingerprint density at radius 2 is 2.11 bits per heavy atom. The summed E-state index contributed by atoms with van der Waals surface area (Å²) in [5.41, 5.74) is 9.42. The van der Waals surface area contributed by atoms with Crippen LogP contribution in [0.3, 0.4) is 0 Å². The van der Waals surface area contributed by atoms with Gasteiger partial charge in [0.15, 0.2) is 0 Å². The normalized spacial score (nSPS) is 17.5. The van der Waals surface area contributed by atoms with Gasteiger partial charge in [-0.05, 0) is 101 Å². The Kier molecular flexibility index (Phi) is 10.3. The number of rotatable bonds is 12. The van der Waals surface area contributed by atoms with Gasteiger partial charge in [-0.3, -0.25) is 9.83 Å². The van der Waals surface area contributed by atoms with Crippen LogP contribution in [0, 0.1) is 11.8 Å². The van der Waals surface area contributed by atoms with E-state index in [0.29, 0.717) is 0 Å². The third-order valence-corrected chi connectivity index (χ3v) is 7.85. The monoisotopic (exact) mass is 517 g/mol. The van der Waals surface area contributed by atoms with Gasteiger partial charge < -0.3 is 9.64 Å². The third-order valence-electron chi connectivity index (χ3n) is 6.74. The number of hydrogen-bond donors (Lipinski definition) is 1. The molecule has 1 aliphatic carbocycles. The van der Waals surface area contributed by atoms with E-state index < -0.39 is 0 Å². The Hall–Kier alpha value is -2.56. The van der Waals surface area contributed by atoms with Crippen LogP contribution in [0.4, 0.5) is 0 Å². The summed E-state index contributed by atoms with van der Waals surface area (Å²) < 4.78 is 5.95. The molecule has 1 N–H and O–H groups in total. The first-order valence-corrected chi connectivity index (χ1v) is 14.3. The summed E-state index contributed by atoms with van der Waals surface area (Å²) >= 11 is 1.78. The maximum Gasteiger partial charge on any atom is 0.135 e. The highest BCUT2D eigenvalue weighted by Crippen LogP contribution is 2.40. The number of likely N-dealkylation sites (tertiary alicyclic amines) is 1. The van der Waals surface area contributed by atoms with Gasteiger partial charge in [0.2, 0.25) is 0 Å². The molecule has 1 saturated heterocycles. The Bertz CT molecular complexity index is 1160. The van der Waals surface area contributed by atoms with Crippen LogP contribution in [0.5, 0.6) is 5.75 Å². The number of benzene rings is 2. The van der Waals surface area contributed by atoms with Crippen molar-refractivity contribution in [1.82, 2.24) is 10.4 Å². The van der Waals surface area contributed by atoms with Crippen molar-refractivity contribution in [1.29, 1.82) is 0 Å². The summed E-state index contributed by atoms with van der Waals surface area (Å²) in [6.45, 7) is 13.8. The fourth-order valence-corrected chi connectivity index (χ4v) is 6.03. The minimum atomic E-state index is 0.111. The van der Waals surface area contributed by atoms with Gasteiger partial charge in [0, 0.05) is 23.4 Å². The number of hydroxylamine groups is 1. The standard InChI is InChI=1S/C31H39N3O2S/c1-5-9-25-20-24(12-15-30(25)36-23(2)3)22-37-31(21-32-4)28-11-8-10-27-26(28)13-14-29(27)33-35-19-18-34-16-6-7-17-34/h8,10-12,15,20-21,23,29,33H,4,6-7,13-14,16-19,22H2,1-3H3/b31-21-. The summed E-state index contributed by atoms with van der Waals surface area (Å²) in [6, 6.07) is 13.1. The van der Waals surface area contributed by atoms with Gasteiger partial charge in [0.25, 0.3) is 0 Å². The predicted molar refractivity (Wildman–Crippen MR) is 156 cm³/mol. The van der Waals surface area contributed by atoms with E-state index in [4.69, 9.17) is 9.57 Å². The molecule has 1 fully saturated rings. The van der Waals surface area contributed by atoms with Crippen LogP contribution in [0.2, 0.25) is 0 Å². The van der Waals surface area contributed by atoms with Crippen molar-refractivity contribution in [3.05, 3.63) is 70.4 Å². The molecule has 0 bridgehead atoms. The van der Waals surface area contributed by atoms with Crippen molar-refractivity contribution in [3.8, 4) is 17.6 Å². The Labute approximate surface area is 226 Å². The topological polar surface area (TPSA) is 46.1 Å². The Balaban J connectivity index is 1.42. The smallest absolute Gasteiger partial charge is 0.135 e. The summed E-state index contributed by atoms with van der Waals surface area (Å²) in [6.07, 6.45) is 6.67. The van der Waals surface area contributed by atoms with Crippen molar-refractivity contribution in [2.75, 3.05) is 26.2 Å². The molecule has 0 amide bonds. The second-order valence-electron chi connectivity index (χ2n) is 9.82. The lowest BCUT2D eigenvalue weighted by atomic mass is 10.0. The molecule has 37 heavy (non-hydrogen) atoms. The van der Waals surface area contributed by atoms with Crippen molar-refractivity contribution in [3.63, 3.8) is 0 Å². The Morgan fingerprint density at radius 3 is 2.86 bits per heavy atom. The van der Waals surface area contributed by atoms with Gasteiger partial charge in [0.05, 0.1) is 24.3 Å². The molecule has 0 aromatic heterocycles. The van der Waals surface area contributed by atoms with Crippen LogP contribution in [0.25, 0.3) is 4.91 Å². The number of ether oxygens (including phenoxy) is 1. The molecule has 4 rings (SSSR count). The lowest BCUT2D eigenvalue weighted by molar-refractivity contribution is 0.00630. The number of thioether (sulfide) groups is 1. The zero-order valence-electron chi connectivity index (χ0n) is 22.4. The molecule has 196 valence electrons. The highest BCUT2D eigenvalue weighted by atomic mass is 32.2. The number of hydrogen-bond acceptors (Lipinski definition) is 6. The molecular formula is C31H39N3O2S. The van der Waals surface area contributed by atoms with E-state index in [1.165, 1.54) is 48.2 Å². The molecule has 2 aromatic carbocycles. The van der Waals surface area contributed by atoms with E-state index >= 15 is 0 Å². The summed E-state index contributed by atoms with van der Waals surface area (Å²) in [5, 5.41) is 0. The quantitative estimate of drug-likeness (QED) is 0.153. The van der Waals surface area contributed by atoms with Crippen molar-refractivity contribution in [2.24, 2.45) is 4.99 Å². The molecule has 0 radical (unpaired) electrons. The average molecular weight is 518 g/mol. The van der Waals surface area contributed by atoms with Crippen molar-refractivity contribution < 1.29 is 9.57 Å². The van der Waals surface area contributed by atoms with E-state index in [2.05, 4.69) is 64.3 Å². The molecule has 1 heterocycles. The first-order valence-electron chi connectivity index (χ1n) is 13.3. The van der Waals surface area contributed by atoms with E-state index in [-0.39, 0.29) is 12.1 Å². The highest BCUT2D eigenvalue weighted by Gasteiger charge is 2.26. The average Bonchev–Trinajstić information content (AvgIpc) is 3.56. The minimum absolute atomic E-state index is 0.111. The fourth-order valence-electron chi connectivity index (χ4n) is 5.03. The van der Waals surface area contributed by atoms with E-state index in [1.807, 2.05) is 33.0 Å². The fraction of sp³-hybridized carbons (Fsp3) is 0.452. The van der Waals surface area contributed by atoms with Gasteiger partial charge in [-0.1, -0.05) is 30.2 Å². The van der Waals surface area contributed by atoms with Crippen LogP contribution in [0.1, 0.15) is 73.9 Å². The summed E-state index contributed by atoms with van der Waals surface area (Å²) in [7, 11) is 0. The molecule has 0 saturated carbocycles. The first kappa shape index (κ1) is 27.5. The van der Waals surface area contributed by atoms with Crippen LogP contribution in [-0.4, -0.2) is 44.0 Å². The second kappa shape index (κ2) is 13.8. The Morgan fingerprint density at radius 1 is 1.27 bits per heavy atom. The third kappa shape index (κ3) is 7.49. The van der Waals surface area contributed by atoms with Gasteiger partial charge in [-0.2, -0.15) is 5.48 Å². The molecule has 1 unspecified atom stereocenters. The minimum Gasteiger partial charge on any atom is -0.490 e. The first-order chi connectivity index (χ1) is 18.1. The largest absolute Gasteiger partial charge is 0.490 e. The second-order valence-corrected chi connectivity index (χ2v) is 10.8. The molecular weight excluding hydrogens is 478 g/mol. The predicted octanol–water partition coefficient (Wildman–Crippen LogP) is 6.38. The number of nitrogens with one attached hydrogen (secondary N) is 1. The number of fused-ring (bicyclic) bond motifs is 1. The maximum atomic E-state index is 5.95. The highest BCUT2D eigenvalue weighted by molar-refractivity contribution is 8.07. The van der Waals surface area contributed by atoms with Crippen molar-refractivity contribution in [2.45, 2.75) is 64.4 Å². The summed E-state index contributed by atoms with van der Waals surface area (Å²) in [5.74, 6) is 7.85.